The Labute approximate surface area is 107 Å². The molecule has 0 atom stereocenters. The number of benzene rings is 1. The van der Waals surface area contributed by atoms with Crippen LogP contribution in [0.1, 0.15) is 6.92 Å². The molecule has 0 bridgehead atoms. The summed E-state index contributed by atoms with van der Waals surface area (Å²) < 4.78 is 9.08. The van der Waals surface area contributed by atoms with E-state index in [2.05, 4.69) is 17.9 Å². The lowest BCUT2D eigenvalue weighted by molar-refractivity contribution is -0.136. The van der Waals surface area contributed by atoms with E-state index < -0.39 is 5.97 Å². The van der Waals surface area contributed by atoms with Gasteiger partial charge < -0.3 is 9.47 Å². The molecule has 18 heavy (non-hydrogen) atoms. The molecule has 1 aromatic rings. The molecule has 0 aliphatic heterocycles. The van der Waals surface area contributed by atoms with Crippen LogP contribution in [0.15, 0.2) is 55.1 Å². The van der Waals surface area contributed by atoms with E-state index in [1.165, 1.54) is 7.11 Å². The number of carbonyl (C=O) groups excluding carboxylic acids is 2. The molecule has 0 saturated carbocycles. The van der Waals surface area contributed by atoms with E-state index in [1.54, 1.807) is 31.2 Å². The minimum atomic E-state index is -0.434. The average molecular weight is 248 g/mol. The van der Waals surface area contributed by atoms with E-state index in [0.29, 0.717) is 11.3 Å². The molecular formula is C14H16O4. The topological polar surface area (TPSA) is 52.6 Å². The van der Waals surface area contributed by atoms with Gasteiger partial charge in [-0.25, -0.2) is 9.59 Å². The highest BCUT2D eigenvalue weighted by Gasteiger charge is 1.96. The van der Waals surface area contributed by atoms with Crippen molar-refractivity contribution in [2.75, 3.05) is 7.11 Å². The zero-order valence-electron chi connectivity index (χ0n) is 10.5. The highest BCUT2D eigenvalue weighted by atomic mass is 16.5. The van der Waals surface area contributed by atoms with Gasteiger partial charge in [0.05, 0.1) is 7.11 Å². The van der Waals surface area contributed by atoms with Crippen LogP contribution in [0, 0.1) is 0 Å². The van der Waals surface area contributed by atoms with Crippen LogP contribution in [-0.4, -0.2) is 19.0 Å². The van der Waals surface area contributed by atoms with Crippen LogP contribution in [-0.2, 0) is 14.3 Å². The Hall–Kier alpha value is -2.36. The SMILES string of the molecule is C=C(C)C(=O)OC.C=CC(=O)Oc1ccccc1. The summed E-state index contributed by atoms with van der Waals surface area (Å²) in [6.45, 7) is 8.24. The molecule has 0 N–H and O–H groups in total. The lowest BCUT2D eigenvalue weighted by Crippen LogP contribution is -2.02. The predicted molar refractivity (Wildman–Crippen MR) is 69.1 cm³/mol. The quantitative estimate of drug-likeness (QED) is 0.468. The summed E-state index contributed by atoms with van der Waals surface area (Å²) in [6, 6.07) is 8.87. The van der Waals surface area contributed by atoms with Crippen molar-refractivity contribution in [3.05, 3.63) is 55.1 Å². The lowest BCUT2D eigenvalue weighted by atomic mass is 10.3. The Morgan fingerprint density at radius 3 is 2.11 bits per heavy atom. The first kappa shape index (κ1) is 15.6. The maximum Gasteiger partial charge on any atom is 0.335 e. The van der Waals surface area contributed by atoms with E-state index in [4.69, 9.17) is 4.74 Å². The highest BCUT2D eigenvalue weighted by molar-refractivity contribution is 5.86. The monoisotopic (exact) mass is 248 g/mol. The van der Waals surface area contributed by atoms with Crippen molar-refractivity contribution in [1.29, 1.82) is 0 Å². The van der Waals surface area contributed by atoms with Crippen molar-refractivity contribution >= 4 is 11.9 Å². The van der Waals surface area contributed by atoms with Gasteiger partial charge in [-0.3, -0.25) is 0 Å². The zero-order valence-corrected chi connectivity index (χ0v) is 10.5. The van der Waals surface area contributed by atoms with Gasteiger partial charge in [-0.15, -0.1) is 0 Å². The number of ether oxygens (including phenoxy) is 2. The number of hydrogen-bond acceptors (Lipinski definition) is 4. The molecule has 1 aromatic carbocycles. The largest absolute Gasteiger partial charge is 0.466 e. The third kappa shape index (κ3) is 7.00. The van der Waals surface area contributed by atoms with Crippen molar-refractivity contribution in [2.45, 2.75) is 6.92 Å². The van der Waals surface area contributed by atoms with Crippen LogP contribution < -0.4 is 4.74 Å². The molecule has 0 saturated heterocycles. The number of methoxy groups -OCH3 is 1. The molecule has 1 rings (SSSR count). The standard InChI is InChI=1S/C9H8O2.C5H8O2/c1-2-9(10)11-8-6-4-3-5-7-8;1-4(2)5(6)7-3/h2-7H,1H2;1H2,2-3H3. The Morgan fingerprint density at radius 1 is 1.22 bits per heavy atom. The Balaban J connectivity index is 0.000000360. The van der Waals surface area contributed by atoms with Crippen LogP contribution in [0.4, 0.5) is 0 Å². The van der Waals surface area contributed by atoms with Gasteiger partial charge in [0.25, 0.3) is 0 Å². The maximum absolute atomic E-state index is 10.6. The van der Waals surface area contributed by atoms with Gasteiger partial charge in [0.15, 0.2) is 0 Å². The second-order valence-electron chi connectivity index (χ2n) is 3.21. The molecular weight excluding hydrogens is 232 g/mol. The van der Waals surface area contributed by atoms with Crippen LogP contribution in [0.5, 0.6) is 5.75 Å². The molecule has 0 amide bonds. The van der Waals surface area contributed by atoms with Crippen LogP contribution in [0.2, 0.25) is 0 Å². The summed E-state index contributed by atoms with van der Waals surface area (Å²) in [6.07, 6.45) is 1.13. The maximum atomic E-state index is 10.6. The molecule has 4 heteroatoms. The van der Waals surface area contributed by atoms with Crippen molar-refractivity contribution in [3.63, 3.8) is 0 Å². The van der Waals surface area contributed by atoms with Crippen molar-refractivity contribution in [2.24, 2.45) is 0 Å². The van der Waals surface area contributed by atoms with Gasteiger partial charge in [0, 0.05) is 11.6 Å². The van der Waals surface area contributed by atoms with Gasteiger partial charge in [0.2, 0.25) is 0 Å². The summed E-state index contributed by atoms with van der Waals surface area (Å²) in [5, 5.41) is 0. The van der Waals surface area contributed by atoms with Gasteiger partial charge >= 0.3 is 11.9 Å². The van der Waals surface area contributed by atoms with Gasteiger partial charge in [0.1, 0.15) is 5.75 Å². The number of hydrogen-bond donors (Lipinski definition) is 0. The van der Waals surface area contributed by atoms with Crippen LogP contribution in [0.25, 0.3) is 0 Å². The van der Waals surface area contributed by atoms with Crippen molar-refractivity contribution < 1.29 is 19.1 Å². The number of rotatable bonds is 3. The third-order valence-electron chi connectivity index (χ3n) is 1.66. The molecule has 0 aliphatic carbocycles. The van der Waals surface area contributed by atoms with E-state index in [0.717, 1.165) is 6.08 Å². The molecule has 4 nitrogen and oxygen atoms in total. The van der Waals surface area contributed by atoms with E-state index in [1.807, 2.05) is 6.07 Å². The second-order valence-corrected chi connectivity index (χ2v) is 3.21. The first-order chi connectivity index (χ1) is 8.51. The fraction of sp³-hybridized carbons (Fsp3) is 0.143. The highest BCUT2D eigenvalue weighted by Crippen LogP contribution is 2.07. The van der Waals surface area contributed by atoms with Gasteiger partial charge in [-0.1, -0.05) is 31.4 Å². The van der Waals surface area contributed by atoms with E-state index >= 15 is 0 Å². The van der Waals surface area contributed by atoms with Crippen LogP contribution in [0.3, 0.4) is 0 Å². The molecule has 0 aromatic heterocycles. The first-order valence-electron chi connectivity index (χ1n) is 5.14. The van der Waals surface area contributed by atoms with Gasteiger partial charge in [-0.2, -0.15) is 0 Å². The number of para-hydroxylation sites is 1. The van der Waals surface area contributed by atoms with Crippen LogP contribution >= 0.6 is 0 Å². The molecule has 0 spiro atoms. The van der Waals surface area contributed by atoms with Crippen molar-refractivity contribution in [3.8, 4) is 5.75 Å². The smallest absolute Gasteiger partial charge is 0.335 e. The summed E-state index contributed by atoms with van der Waals surface area (Å²) in [4.78, 5) is 20.8. The summed E-state index contributed by atoms with van der Waals surface area (Å²) >= 11 is 0. The Morgan fingerprint density at radius 2 is 1.78 bits per heavy atom. The molecule has 0 aliphatic rings. The van der Waals surface area contributed by atoms with E-state index in [9.17, 15) is 9.59 Å². The molecule has 0 fully saturated rings. The normalized spacial score (nSPS) is 8.33. The number of carbonyl (C=O) groups is 2. The molecule has 0 unspecified atom stereocenters. The second kappa shape index (κ2) is 8.75. The number of esters is 2. The molecule has 0 radical (unpaired) electrons. The third-order valence-corrected chi connectivity index (χ3v) is 1.66. The average Bonchev–Trinajstić information content (AvgIpc) is 2.39. The molecule has 0 heterocycles. The minimum Gasteiger partial charge on any atom is -0.466 e. The molecule has 96 valence electrons. The van der Waals surface area contributed by atoms with Gasteiger partial charge in [-0.05, 0) is 19.1 Å². The summed E-state index contributed by atoms with van der Waals surface area (Å²) in [5.41, 5.74) is 0.433. The summed E-state index contributed by atoms with van der Waals surface area (Å²) in [5.74, 6) is -0.242. The lowest BCUT2D eigenvalue weighted by Gasteiger charge is -1.98. The Kier molecular flexibility index (Phi) is 7.61. The fourth-order valence-corrected chi connectivity index (χ4v) is 0.821. The fourth-order valence-electron chi connectivity index (χ4n) is 0.821. The van der Waals surface area contributed by atoms with E-state index in [-0.39, 0.29) is 5.97 Å². The summed E-state index contributed by atoms with van der Waals surface area (Å²) in [7, 11) is 1.33. The first-order valence-corrected chi connectivity index (χ1v) is 5.14. The predicted octanol–water partition coefficient (Wildman–Crippen LogP) is 2.51. The minimum absolute atomic E-state index is 0.347. The Bertz CT molecular complexity index is 421. The zero-order chi connectivity index (χ0) is 14.0. The van der Waals surface area contributed by atoms with Crippen molar-refractivity contribution in [1.82, 2.24) is 0 Å².